The summed E-state index contributed by atoms with van der Waals surface area (Å²) in [6.07, 6.45) is 0. The topological polar surface area (TPSA) is 133 Å². The molecule has 0 radical (unpaired) electrons. The zero-order valence-corrected chi connectivity index (χ0v) is 15.7. The molecule has 1 atom stereocenters. The van der Waals surface area contributed by atoms with E-state index in [0.717, 1.165) is 6.92 Å². The molecule has 0 saturated heterocycles. The van der Waals surface area contributed by atoms with Crippen molar-refractivity contribution >= 4 is 38.9 Å². The number of amides is 2. The lowest BCUT2D eigenvalue weighted by molar-refractivity contribution is -0.144. The number of carbonyl (C=O) groups is 2. The van der Waals surface area contributed by atoms with Gasteiger partial charge >= 0.3 is 0 Å². The van der Waals surface area contributed by atoms with Gasteiger partial charge in [0.2, 0.25) is 0 Å². The molecule has 10 heteroatoms. The predicted molar refractivity (Wildman–Crippen MR) is 98.5 cm³/mol. The van der Waals surface area contributed by atoms with Crippen LogP contribution in [-0.4, -0.2) is 41.9 Å². The fourth-order valence-electron chi connectivity index (χ4n) is 2.19. The molecule has 0 aliphatic rings. The molecule has 0 aromatic heterocycles. The van der Waals surface area contributed by atoms with Crippen molar-refractivity contribution in [2.24, 2.45) is 0 Å². The van der Waals surface area contributed by atoms with E-state index in [0.29, 0.717) is 16.3 Å². The Kier molecular flexibility index (Phi) is 6.22. The zero-order valence-electron chi connectivity index (χ0n) is 14.1. The third kappa shape index (κ3) is 5.27. The Morgan fingerprint density at radius 1 is 1.07 bits per heavy atom. The van der Waals surface area contributed by atoms with E-state index in [1.54, 1.807) is 24.3 Å². The summed E-state index contributed by atoms with van der Waals surface area (Å²) in [6.45, 7) is 0.969. The van der Waals surface area contributed by atoms with Gasteiger partial charge in [0, 0.05) is 16.3 Å². The maximum atomic E-state index is 12.3. The minimum atomic E-state index is -4.02. The third-order valence-electron chi connectivity index (χ3n) is 3.64. The molecule has 2 amide bonds. The molecule has 2 rings (SSSR count). The second kappa shape index (κ2) is 8.05. The number of hydrogen-bond acceptors (Lipinski definition) is 6. The average Bonchev–Trinajstić information content (AvgIpc) is 2.61. The van der Waals surface area contributed by atoms with Crippen molar-refractivity contribution in [1.29, 1.82) is 0 Å². The van der Waals surface area contributed by atoms with Crippen LogP contribution in [0.15, 0.2) is 53.4 Å². The van der Waals surface area contributed by atoms with Gasteiger partial charge in [0.1, 0.15) is 0 Å². The normalized spacial score (nSPS) is 13.5. The van der Waals surface area contributed by atoms with E-state index in [2.05, 4.69) is 5.32 Å². The van der Waals surface area contributed by atoms with Crippen LogP contribution >= 0.6 is 11.6 Å². The van der Waals surface area contributed by atoms with Crippen LogP contribution in [0.4, 0.5) is 5.69 Å². The quantitative estimate of drug-likeness (QED) is 0.421. The SMILES string of the molecule is CC(O)(CS(=O)(=O)c1ccc(NC(=O)c2ccc(Cl)cc2)cc1)C(=O)NO. The minimum absolute atomic E-state index is 0.155. The monoisotopic (exact) mass is 412 g/mol. The van der Waals surface area contributed by atoms with Gasteiger partial charge in [0.05, 0.1) is 10.6 Å². The fraction of sp³-hybridized carbons (Fsp3) is 0.176. The Bertz CT molecular complexity index is 940. The summed E-state index contributed by atoms with van der Waals surface area (Å²) in [5, 5.41) is 21.5. The highest BCUT2D eigenvalue weighted by molar-refractivity contribution is 7.91. The number of anilines is 1. The van der Waals surface area contributed by atoms with Crippen molar-refractivity contribution in [1.82, 2.24) is 5.48 Å². The van der Waals surface area contributed by atoms with Gasteiger partial charge in [-0.25, -0.2) is 13.9 Å². The van der Waals surface area contributed by atoms with Crippen LogP contribution in [0.3, 0.4) is 0 Å². The molecule has 1 unspecified atom stereocenters. The summed E-state index contributed by atoms with van der Waals surface area (Å²) < 4.78 is 24.7. The van der Waals surface area contributed by atoms with Gasteiger partial charge in [0.25, 0.3) is 11.8 Å². The van der Waals surface area contributed by atoms with Crippen LogP contribution in [0.25, 0.3) is 0 Å². The molecule has 0 heterocycles. The van der Waals surface area contributed by atoms with Crippen LogP contribution in [0.2, 0.25) is 5.02 Å². The van der Waals surface area contributed by atoms with Crippen LogP contribution < -0.4 is 10.8 Å². The van der Waals surface area contributed by atoms with E-state index in [1.165, 1.54) is 29.7 Å². The number of hydroxylamine groups is 1. The molecular formula is C17H17ClN2O6S. The maximum Gasteiger partial charge on any atom is 0.276 e. The maximum absolute atomic E-state index is 12.3. The molecule has 8 nitrogen and oxygen atoms in total. The number of halogens is 1. The van der Waals surface area contributed by atoms with Gasteiger partial charge in [0.15, 0.2) is 15.4 Å². The average molecular weight is 413 g/mol. The van der Waals surface area contributed by atoms with Crippen LogP contribution in [0, 0.1) is 0 Å². The van der Waals surface area contributed by atoms with Gasteiger partial charge < -0.3 is 10.4 Å². The summed E-state index contributed by atoms with van der Waals surface area (Å²) in [4.78, 5) is 23.3. The lowest BCUT2D eigenvalue weighted by Gasteiger charge is -2.20. The van der Waals surface area contributed by atoms with Gasteiger partial charge in [-0.2, -0.15) is 0 Å². The molecule has 0 aliphatic heterocycles. The molecular weight excluding hydrogens is 396 g/mol. The lowest BCUT2D eigenvalue weighted by Crippen LogP contribution is -2.48. The van der Waals surface area contributed by atoms with Crippen molar-refractivity contribution < 1.29 is 28.3 Å². The standard InChI is InChI=1S/C17H17ClN2O6S/c1-17(23,16(22)20-24)10-27(25,26)14-8-6-13(7-9-14)19-15(21)11-2-4-12(18)5-3-11/h2-9,23-24H,10H2,1H3,(H,19,21)(H,20,22). The Hall–Kier alpha value is -2.46. The Morgan fingerprint density at radius 2 is 1.63 bits per heavy atom. The molecule has 144 valence electrons. The molecule has 0 bridgehead atoms. The van der Waals surface area contributed by atoms with Gasteiger partial charge in [-0.1, -0.05) is 11.6 Å². The number of hydrogen-bond donors (Lipinski definition) is 4. The van der Waals surface area contributed by atoms with Crippen molar-refractivity contribution in [3.63, 3.8) is 0 Å². The first-order chi connectivity index (χ1) is 12.5. The van der Waals surface area contributed by atoms with Crippen LogP contribution in [-0.2, 0) is 14.6 Å². The van der Waals surface area contributed by atoms with E-state index < -0.39 is 33.0 Å². The number of carbonyl (C=O) groups excluding carboxylic acids is 2. The fourth-order valence-corrected chi connectivity index (χ4v) is 3.90. The smallest absolute Gasteiger partial charge is 0.276 e. The van der Waals surface area contributed by atoms with Gasteiger partial charge in [-0.15, -0.1) is 0 Å². The molecule has 4 N–H and O–H groups in total. The largest absolute Gasteiger partial charge is 0.379 e. The second-order valence-electron chi connectivity index (χ2n) is 5.96. The second-order valence-corrected chi connectivity index (χ2v) is 8.39. The summed E-state index contributed by atoms with van der Waals surface area (Å²) in [6, 6.07) is 11.5. The first-order valence-electron chi connectivity index (χ1n) is 7.62. The van der Waals surface area contributed by atoms with Crippen LogP contribution in [0.1, 0.15) is 17.3 Å². The zero-order chi connectivity index (χ0) is 20.2. The van der Waals surface area contributed by atoms with Gasteiger partial charge in [-0.05, 0) is 55.5 Å². The number of sulfone groups is 1. The molecule has 2 aromatic carbocycles. The number of aliphatic hydroxyl groups is 1. The summed E-state index contributed by atoms with van der Waals surface area (Å²) in [7, 11) is -4.02. The first-order valence-corrected chi connectivity index (χ1v) is 9.65. The van der Waals surface area contributed by atoms with Gasteiger partial charge in [-0.3, -0.25) is 14.8 Å². The summed E-state index contributed by atoms with van der Waals surface area (Å²) >= 11 is 5.77. The highest BCUT2D eigenvalue weighted by Gasteiger charge is 2.36. The third-order valence-corrected chi connectivity index (χ3v) is 5.82. The number of benzene rings is 2. The molecule has 0 spiro atoms. The first kappa shape index (κ1) is 20.8. The van der Waals surface area contributed by atoms with Crippen LogP contribution in [0.5, 0.6) is 0 Å². The molecule has 0 saturated carbocycles. The van der Waals surface area contributed by atoms with E-state index in [1.807, 2.05) is 0 Å². The summed E-state index contributed by atoms with van der Waals surface area (Å²) in [5.74, 6) is -2.56. The van der Waals surface area contributed by atoms with E-state index >= 15 is 0 Å². The number of nitrogens with one attached hydrogen (secondary N) is 2. The Labute approximate surface area is 160 Å². The van der Waals surface area contributed by atoms with Crippen molar-refractivity contribution in [2.75, 3.05) is 11.1 Å². The highest BCUT2D eigenvalue weighted by Crippen LogP contribution is 2.20. The molecule has 27 heavy (non-hydrogen) atoms. The number of rotatable bonds is 6. The lowest BCUT2D eigenvalue weighted by atomic mass is 10.1. The Balaban J connectivity index is 2.13. The molecule has 0 aliphatic carbocycles. The predicted octanol–water partition coefficient (Wildman–Crippen LogP) is 1.62. The Morgan fingerprint density at radius 3 is 2.15 bits per heavy atom. The van der Waals surface area contributed by atoms with Crippen molar-refractivity contribution in [3.05, 3.63) is 59.1 Å². The van der Waals surface area contributed by atoms with E-state index in [4.69, 9.17) is 16.8 Å². The van der Waals surface area contributed by atoms with Crippen molar-refractivity contribution in [3.8, 4) is 0 Å². The van der Waals surface area contributed by atoms with E-state index in [9.17, 15) is 23.1 Å². The van der Waals surface area contributed by atoms with Crippen molar-refractivity contribution in [2.45, 2.75) is 17.4 Å². The molecule has 0 fully saturated rings. The summed E-state index contributed by atoms with van der Waals surface area (Å²) in [5.41, 5.74) is -0.358. The van der Waals surface area contributed by atoms with E-state index in [-0.39, 0.29) is 4.90 Å². The minimum Gasteiger partial charge on any atom is -0.379 e. The highest BCUT2D eigenvalue weighted by atomic mass is 35.5. The molecule has 2 aromatic rings.